The standard InChI is InChI=1S/C36H35F2N9O2/c1-44-14-5-15-46-32(12-17-49-2)43-28-8-3-6-25(33(28)46)27-7-4-9-31(42-27)41-23-19-29(36(44)48)47(21-23)35-30-20-40-34(45(30)16-13-39-35)24-11-10-22(37)18-26(24)38/h3-4,6-11,13,16,18,20,23,29H,5,12,14-15,17,19,21H2,1-2H3,(H,41,42)/t23-,29-/m0/s1. The normalized spacial score (nSPS) is 18.2. The van der Waals surface area contributed by atoms with Crippen LogP contribution in [0.3, 0.4) is 0 Å². The number of nitrogens with one attached hydrogen (secondary N) is 1. The summed E-state index contributed by atoms with van der Waals surface area (Å²) < 4.78 is 37.9. The highest BCUT2D eigenvalue weighted by Gasteiger charge is 2.40. The van der Waals surface area contributed by atoms with Crippen LogP contribution in [0.15, 0.2) is 73.2 Å². The number of pyridine rings is 1. The zero-order valence-corrected chi connectivity index (χ0v) is 27.2. The number of anilines is 2. The smallest absolute Gasteiger partial charge is 0.245 e. The van der Waals surface area contributed by atoms with Gasteiger partial charge in [-0.1, -0.05) is 18.2 Å². The van der Waals surface area contributed by atoms with Crippen LogP contribution in [0.1, 0.15) is 18.7 Å². The minimum absolute atomic E-state index is 0.0233. The summed E-state index contributed by atoms with van der Waals surface area (Å²) in [6, 6.07) is 14.8. The van der Waals surface area contributed by atoms with Gasteiger partial charge in [-0.15, -0.1) is 0 Å². The van der Waals surface area contributed by atoms with Crippen LogP contribution in [-0.2, 0) is 22.5 Å². The molecule has 4 bridgehead atoms. The molecule has 49 heavy (non-hydrogen) atoms. The topological polar surface area (TPSA) is 106 Å². The van der Waals surface area contributed by atoms with Crippen molar-refractivity contribution >= 4 is 34.1 Å². The summed E-state index contributed by atoms with van der Waals surface area (Å²) in [7, 11) is 3.53. The number of hydrogen-bond donors (Lipinski definition) is 1. The number of aryl methyl sites for hydroxylation is 1. The molecule has 2 aliphatic rings. The van der Waals surface area contributed by atoms with E-state index in [4.69, 9.17) is 19.7 Å². The minimum atomic E-state index is -0.710. The van der Waals surface area contributed by atoms with Crippen LogP contribution in [0.5, 0.6) is 0 Å². The second kappa shape index (κ2) is 12.5. The molecule has 2 aromatic carbocycles. The Hall–Kier alpha value is -5.43. The third-order valence-electron chi connectivity index (χ3n) is 9.47. The SMILES string of the molecule is COCCc1nc2cccc3c2n1CCCN(C)C(=O)[C@@H]1C[C@@H](CN1c1nccn2c(-c4ccc(F)cc4F)ncc12)Nc1cccc-3n1. The van der Waals surface area contributed by atoms with Crippen molar-refractivity contribution in [2.45, 2.75) is 37.9 Å². The molecule has 0 spiro atoms. The van der Waals surface area contributed by atoms with Gasteiger partial charge in [-0.3, -0.25) is 9.20 Å². The number of methoxy groups -OCH3 is 1. The van der Waals surface area contributed by atoms with Crippen molar-refractivity contribution in [3.63, 3.8) is 0 Å². The Kier molecular flexibility index (Phi) is 7.91. The first-order chi connectivity index (χ1) is 23.9. The van der Waals surface area contributed by atoms with Gasteiger partial charge in [0.2, 0.25) is 5.91 Å². The Morgan fingerprint density at radius 2 is 1.90 bits per heavy atom. The second-order valence-electron chi connectivity index (χ2n) is 12.6. The lowest BCUT2D eigenvalue weighted by Crippen LogP contribution is -2.45. The average molecular weight is 664 g/mol. The van der Waals surface area contributed by atoms with Crippen LogP contribution in [-0.4, -0.2) is 85.6 Å². The third kappa shape index (κ3) is 5.53. The maximum Gasteiger partial charge on any atom is 0.245 e. The molecule has 0 saturated carbocycles. The van der Waals surface area contributed by atoms with Crippen molar-refractivity contribution < 1.29 is 18.3 Å². The molecule has 11 nitrogen and oxygen atoms in total. The molecule has 0 unspecified atom stereocenters. The fourth-order valence-electron chi connectivity index (χ4n) is 7.18. The molecule has 250 valence electrons. The van der Waals surface area contributed by atoms with E-state index in [1.54, 1.807) is 35.0 Å². The molecule has 13 heteroatoms. The summed E-state index contributed by atoms with van der Waals surface area (Å²) in [6.07, 6.45) is 6.82. The molecule has 1 amide bonds. The van der Waals surface area contributed by atoms with Crippen LogP contribution >= 0.6 is 0 Å². The van der Waals surface area contributed by atoms with Crippen LogP contribution in [0.2, 0.25) is 0 Å². The number of amides is 1. The van der Waals surface area contributed by atoms with Crippen molar-refractivity contribution in [3.8, 4) is 22.6 Å². The quantitative estimate of drug-likeness (QED) is 0.269. The molecule has 0 radical (unpaired) electrons. The molecule has 2 aliphatic heterocycles. The van der Waals surface area contributed by atoms with E-state index >= 15 is 0 Å². The number of aromatic nitrogens is 6. The Bertz CT molecular complexity index is 2200. The van der Waals surface area contributed by atoms with E-state index in [0.717, 1.165) is 34.2 Å². The van der Waals surface area contributed by atoms with Crippen molar-refractivity contribution in [1.29, 1.82) is 0 Å². The zero-order chi connectivity index (χ0) is 33.6. The van der Waals surface area contributed by atoms with E-state index in [-0.39, 0.29) is 17.5 Å². The van der Waals surface area contributed by atoms with Crippen LogP contribution < -0.4 is 10.2 Å². The lowest BCUT2D eigenvalue weighted by Gasteiger charge is -2.29. The summed E-state index contributed by atoms with van der Waals surface area (Å²) in [5.74, 6) is 1.11. The summed E-state index contributed by atoms with van der Waals surface area (Å²) in [5.41, 5.74) is 4.53. The van der Waals surface area contributed by atoms with Gasteiger partial charge in [0.15, 0.2) is 5.82 Å². The van der Waals surface area contributed by atoms with E-state index in [0.29, 0.717) is 68.5 Å². The molecule has 6 aromatic rings. The maximum absolute atomic E-state index is 14.8. The Morgan fingerprint density at radius 3 is 2.76 bits per heavy atom. The molecule has 4 aromatic heterocycles. The highest BCUT2D eigenvalue weighted by molar-refractivity contribution is 5.92. The monoisotopic (exact) mass is 663 g/mol. The Balaban J connectivity index is 1.18. The van der Waals surface area contributed by atoms with Gasteiger partial charge in [-0.25, -0.2) is 28.7 Å². The largest absolute Gasteiger partial charge is 0.384 e. The highest BCUT2D eigenvalue weighted by atomic mass is 19.1. The number of hydrogen-bond acceptors (Lipinski definition) is 8. The minimum Gasteiger partial charge on any atom is -0.384 e. The lowest BCUT2D eigenvalue weighted by atomic mass is 10.1. The van der Waals surface area contributed by atoms with Crippen LogP contribution in [0.4, 0.5) is 20.4 Å². The third-order valence-corrected chi connectivity index (χ3v) is 9.47. The number of nitrogens with zero attached hydrogens (tertiary/aromatic N) is 8. The molecule has 2 atom stereocenters. The highest BCUT2D eigenvalue weighted by Crippen LogP contribution is 2.34. The molecule has 6 heterocycles. The van der Waals surface area contributed by atoms with Gasteiger partial charge in [-0.2, -0.15) is 0 Å². The Labute approximate surface area is 281 Å². The number of imidazole rings is 2. The van der Waals surface area contributed by atoms with E-state index in [2.05, 4.69) is 20.9 Å². The van der Waals surface area contributed by atoms with E-state index in [1.165, 1.54) is 12.1 Å². The fraction of sp³-hybridized carbons (Fsp3) is 0.306. The predicted octanol–water partition coefficient (Wildman–Crippen LogP) is 5.20. The van der Waals surface area contributed by atoms with Gasteiger partial charge in [0, 0.05) is 70.3 Å². The van der Waals surface area contributed by atoms with Crippen LogP contribution in [0, 0.1) is 11.6 Å². The summed E-state index contributed by atoms with van der Waals surface area (Å²) in [6.45, 7) is 2.22. The maximum atomic E-state index is 14.8. The van der Waals surface area contributed by atoms with Gasteiger partial charge in [0.05, 0.1) is 35.1 Å². The lowest BCUT2D eigenvalue weighted by molar-refractivity contribution is -0.131. The van der Waals surface area contributed by atoms with Crippen LogP contribution in [0.25, 0.3) is 39.2 Å². The summed E-state index contributed by atoms with van der Waals surface area (Å²) in [4.78, 5) is 37.3. The Morgan fingerprint density at radius 1 is 1.02 bits per heavy atom. The number of fused-ring (bicyclic) bond motifs is 6. The van der Waals surface area contributed by atoms with Crippen molar-refractivity contribution in [2.24, 2.45) is 0 Å². The molecular weight excluding hydrogens is 628 g/mol. The number of benzene rings is 2. The molecule has 1 fully saturated rings. The van der Waals surface area contributed by atoms with Gasteiger partial charge >= 0.3 is 0 Å². The van der Waals surface area contributed by atoms with Gasteiger partial charge in [0.1, 0.15) is 40.7 Å². The second-order valence-corrected chi connectivity index (χ2v) is 12.6. The number of rotatable bonds is 5. The predicted molar refractivity (Wildman–Crippen MR) is 182 cm³/mol. The van der Waals surface area contributed by atoms with Crippen molar-refractivity contribution in [3.05, 3.63) is 90.6 Å². The van der Waals surface area contributed by atoms with E-state index in [1.807, 2.05) is 42.3 Å². The molecule has 1 N–H and O–H groups in total. The first-order valence-corrected chi connectivity index (χ1v) is 16.4. The van der Waals surface area contributed by atoms with Crippen molar-refractivity contribution in [1.82, 2.24) is 33.8 Å². The summed E-state index contributed by atoms with van der Waals surface area (Å²) in [5, 5.41) is 3.60. The molecule has 0 aliphatic carbocycles. The number of likely N-dealkylation sites (N-methyl/N-ethyl adjacent to an activating group) is 1. The number of para-hydroxylation sites is 1. The van der Waals surface area contributed by atoms with Gasteiger partial charge < -0.3 is 24.4 Å². The molecular formula is C36H35F2N9O2. The molecule has 8 rings (SSSR count). The average Bonchev–Trinajstić information content (AvgIpc) is 3.82. The number of ether oxygens (including phenoxy) is 1. The summed E-state index contributed by atoms with van der Waals surface area (Å²) >= 11 is 0. The molecule has 1 saturated heterocycles. The first kappa shape index (κ1) is 30.9. The van der Waals surface area contributed by atoms with E-state index < -0.39 is 17.7 Å². The number of halogens is 2. The number of carbonyl (C=O) groups is 1. The zero-order valence-electron chi connectivity index (χ0n) is 27.2. The number of carbonyl (C=O) groups excluding carboxylic acids is 1. The van der Waals surface area contributed by atoms with E-state index in [9.17, 15) is 13.6 Å². The van der Waals surface area contributed by atoms with Crippen molar-refractivity contribution in [2.75, 3.05) is 44.1 Å². The first-order valence-electron chi connectivity index (χ1n) is 16.4. The van der Waals surface area contributed by atoms with Gasteiger partial charge in [-0.05, 0) is 43.2 Å². The van der Waals surface area contributed by atoms with Gasteiger partial charge in [0.25, 0.3) is 0 Å². The fourth-order valence-corrected chi connectivity index (χ4v) is 7.18.